The normalized spacial score (nSPS) is 30.3. The molecule has 0 aliphatic heterocycles. The molecule has 14 heavy (non-hydrogen) atoms. The first-order valence-corrected chi connectivity index (χ1v) is 5.61. The van der Waals surface area contributed by atoms with E-state index in [-0.39, 0.29) is 5.97 Å². The third-order valence-corrected chi connectivity index (χ3v) is 3.39. The fourth-order valence-corrected chi connectivity index (χ4v) is 2.73. The zero-order valence-electron chi connectivity index (χ0n) is 9.80. The maximum atomic E-state index is 11.4. The van der Waals surface area contributed by atoms with Crippen LogP contribution in [0.1, 0.15) is 47.0 Å². The number of esters is 1. The Morgan fingerprint density at radius 1 is 1.50 bits per heavy atom. The standard InChI is InChI=1S/C12H22O2/c1-5-14-11(13)7-10-6-9(2)8-12(10,3)4/h9-10H,5-8H2,1-4H3. The highest BCUT2D eigenvalue weighted by molar-refractivity contribution is 5.69. The van der Waals surface area contributed by atoms with Crippen LogP contribution in [0.4, 0.5) is 0 Å². The zero-order valence-corrected chi connectivity index (χ0v) is 9.80. The van der Waals surface area contributed by atoms with Crippen molar-refractivity contribution in [3.05, 3.63) is 0 Å². The molecule has 0 spiro atoms. The summed E-state index contributed by atoms with van der Waals surface area (Å²) >= 11 is 0. The summed E-state index contributed by atoms with van der Waals surface area (Å²) in [6.07, 6.45) is 3.01. The van der Waals surface area contributed by atoms with Gasteiger partial charge in [0.25, 0.3) is 0 Å². The lowest BCUT2D eigenvalue weighted by molar-refractivity contribution is -0.145. The molecule has 0 radical (unpaired) electrons. The maximum Gasteiger partial charge on any atom is 0.306 e. The molecule has 2 nitrogen and oxygen atoms in total. The molecule has 1 aliphatic carbocycles. The Labute approximate surface area is 87.0 Å². The van der Waals surface area contributed by atoms with Crippen LogP contribution in [-0.4, -0.2) is 12.6 Å². The minimum Gasteiger partial charge on any atom is -0.466 e. The average Bonchev–Trinajstić information content (AvgIpc) is 2.25. The van der Waals surface area contributed by atoms with E-state index in [1.54, 1.807) is 0 Å². The second-order valence-corrected chi connectivity index (χ2v) is 5.24. The summed E-state index contributed by atoms with van der Waals surface area (Å²) in [7, 11) is 0. The molecule has 1 saturated carbocycles. The first-order chi connectivity index (χ1) is 6.45. The van der Waals surface area contributed by atoms with Crippen molar-refractivity contribution in [3.63, 3.8) is 0 Å². The summed E-state index contributed by atoms with van der Waals surface area (Å²) in [6.45, 7) is 9.16. The van der Waals surface area contributed by atoms with E-state index in [2.05, 4.69) is 20.8 Å². The highest BCUT2D eigenvalue weighted by atomic mass is 16.5. The van der Waals surface area contributed by atoms with Gasteiger partial charge in [0.15, 0.2) is 0 Å². The molecular formula is C12H22O2. The molecule has 1 rings (SSSR count). The highest BCUT2D eigenvalue weighted by Gasteiger charge is 2.39. The van der Waals surface area contributed by atoms with Crippen molar-refractivity contribution in [1.82, 2.24) is 0 Å². The molecule has 82 valence electrons. The van der Waals surface area contributed by atoms with Crippen LogP contribution in [0, 0.1) is 17.3 Å². The Kier molecular flexibility index (Phi) is 3.57. The smallest absolute Gasteiger partial charge is 0.306 e. The topological polar surface area (TPSA) is 26.3 Å². The van der Waals surface area contributed by atoms with Gasteiger partial charge in [-0.25, -0.2) is 0 Å². The minimum absolute atomic E-state index is 0.0281. The number of hydrogen-bond acceptors (Lipinski definition) is 2. The molecule has 1 fully saturated rings. The van der Waals surface area contributed by atoms with Gasteiger partial charge in [-0.05, 0) is 37.0 Å². The molecule has 0 aromatic carbocycles. The van der Waals surface area contributed by atoms with Crippen LogP contribution in [-0.2, 0) is 9.53 Å². The van der Waals surface area contributed by atoms with E-state index >= 15 is 0 Å². The molecule has 0 N–H and O–H groups in total. The lowest BCUT2D eigenvalue weighted by atomic mass is 9.80. The van der Waals surface area contributed by atoms with E-state index in [1.165, 1.54) is 12.8 Å². The molecule has 0 amide bonds. The van der Waals surface area contributed by atoms with E-state index in [0.717, 1.165) is 5.92 Å². The molecule has 2 unspecified atom stereocenters. The van der Waals surface area contributed by atoms with E-state index in [4.69, 9.17) is 4.74 Å². The van der Waals surface area contributed by atoms with Crippen molar-refractivity contribution in [2.24, 2.45) is 17.3 Å². The number of rotatable bonds is 3. The predicted octanol–water partition coefficient (Wildman–Crippen LogP) is 3.01. The lowest BCUT2D eigenvalue weighted by Crippen LogP contribution is -2.21. The molecule has 2 atom stereocenters. The lowest BCUT2D eigenvalue weighted by Gasteiger charge is -2.25. The van der Waals surface area contributed by atoms with Crippen LogP contribution in [0.15, 0.2) is 0 Å². The number of hydrogen-bond donors (Lipinski definition) is 0. The Morgan fingerprint density at radius 3 is 2.57 bits per heavy atom. The van der Waals surface area contributed by atoms with Gasteiger partial charge in [0.05, 0.1) is 6.61 Å². The summed E-state index contributed by atoms with van der Waals surface area (Å²) in [4.78, 5) is 11.4. The molecular weight excluding hydrogens is 176 g/mol. The fourth-order valence-electron chi connectivity index (χ4n) is 2.73. The molecule has 2 heteroatoms. The second-order valence-electron chi connectivity index (χ2n) is 5.24. The van der Waals surface area contributed by atoms with Gasteiger partial charge >= 0.3 is 5.97 Å². The maximum absolute atomic E-state index is 11.4. The van der Waals surface area contributed by atoms with E-state index in [1.807, 2.05) is 6.92 Å². The van der Waals surface area contributed by atoms with Gasteiger partial charge < -0.3 is 4.74 Å². The van der Waals surface area contributed by atoms with Crippen LogP contribution >= 0.6 is 0 Å². The van der Waals surface area contributed by atoms with E-state index in [0.29, 0.717) is 24.4 Å². The number of ether oxygens (including phenoxy) is 1. The van der Waals surface area contributed by atoms with Gasteiger partial charge in [-0.2, -0.15) is 0 Å². The summed E-state index contributed by atoms with van der Waals surface area (Å²) in [5, 5.41) is 0. The molecule has 1 aliphatic rings. The largest absolute Gasteiger partial charge is 0.466 e. The number of carbonyl (C=O) groups is 1. The van der Waals surface area contributed by atoms with Gasteiger partial charge in [-0.3, -0.25) is 4.79 Å². The van der Waals surface area contributed by atoms with E-state index < -0.39 is 0 Å². The zero-order chi connectivity index (χ0) is 10.8. The third-order valence-electron chi connectivity index (χ3n) is 3.39. The van der Waals surface area contributed by atoms with Crippen molar-refractivity contribution in [2.45, 2.75) is 47.0 Å². The fraction of sp³-hybridized carbons (Fsp3) is 0.917. The van der Waals surface area contributed by atoms with Gasteiger partial charge in [0.1, 0.15) is 0 Å². The van der Waals surface area contributed by atoms with Crippen molar-refractivity contribution in [1.29, 1.82) is 0 Å². The highest BCUT2D eigenvalue weighted by Crippen LogP contribution is 2.47. The van der Waals surface area contributed by atoms with Crippen molar-refractivity contribution in [2.75, 3.05) is 6.61 Å². The first kappa shape index (κ1) is 11.5. The molecule has 0 aromatic heterocycles. The average molecular weight is 198 g/mol. The van der Waals surface area contributed by atoms with Crippen molar-refractivity contribution >= 4 is 5.97 Å². The van der Waals surface area contributed by atoms with Crippen LogP contribution in [0.2, 0.25) is 0 Å². The molecule has 0 aromatic rings. The van der Waals surface area contributed by atoms with Crippen LogP contribution in [0.5, 0.6) is 0 Å². The molecule has 0 saturated heterocycles. The summed E-state index contributed by atoms with van der Waals surface area (Å²) in [5.74, 6) is 1.24. The Bertz CT molecular complexity index is 208. The van der Waals surface area contributed by atoms with Gasteiger partial charge in [-0.1, -0.05) is 20.8 Å². The van der Waals surface area contributed by atoms with Crippen LogP contribution in [0.25, 0.3) is 0 Å². The summed E-state index contributed by atoms with van der Waals surface area (Å²) < 4.78 is 4.99. The number of carbonyl (C=O) groups excluding carboxylic acids is 1. The van der Waals surface area contributed by atoms with Gasteiger partial charge in [0, 0.05) is 6.42 Å². The summed E-state index contributed by atoms with van der Waals surface area (Å²) in [6, 6.07) is 0. The molecule has 0 bridgehead atoms. The molecule has 0 heterocycles. The Hall–Kier alpha value is -0.530. The summed E-state index contributed by atoms with van der Waals surface area (Å²) in [5.41, 5.74) is 0.312. The van der Waals surface area contributed by atoms with Gasteiger partial charge in [-0.15, -0.1) is 0 Å². The Balaban J connectivity index is 2.48. The SMILES string of the molecule is CCOC(=O)CC1CC(C)CC1(C)C. The first-order valence-electron chi connectivity index (χ1n) is 5.61. The minimum atomic E-state index is -0.0281. The third kappa shape index (κ3) is 2.73. The van der Waals surface area contributed by atoms with Crippen LogP contribution in [0.3, 0.4) is 0 Å². The quantitative estimate of drug-likeness (QED) is 0.652. The second kappa shape index (κ2) is 4.33. The predicted molar refractivity (Wildman–Crippen MR) is 56.9 cm³/mol. The Morgan fingerprint density at radius 2 is 2.14 bits per heavy atom. The van der Waals surface area contributed by atoms with E-state index in [9.17, 15) is 4.79 Å². The van der Waals surface area contributed by atoms with Crippen LogP contribution < -0.4 is 0 Å². The van der Waals surface area contributed by atoms with Gasteiger partial charge in [0.2, 0.25) is 0 Å². The van der Waals surface area contributed by atoms with Crippen molar-refractivity contribution in [3.8, 4) is 0 Å². The van der Waals surface area contributed by atoms with Crippen molar-refractivity contribution < 1.29 is 9.53 Å². The monoisotopic (exact) mass is 198 g/mol.